The number of nitrogens with two attached hydrogens (primary N) is 1. The summed E-state index contributed by atoms with van der Waals surface area (Å²) < 4.78 is 5.55. The minimum atomic E-state index is -0.622. The van der Waals surface area contributed by atoms with Gasteiger partial charge in [0.25, 0.3) is 0 Å². The quantitative estimate of drug-likeness (QED) is 0.810. The maximum atomic E-state index is 11.7. The Morgan fingerprint density at radius 2 is 2.21 bits per heavy atom. The zero-order valence-electron chi connectivity index (χ0n) is 11.1. The molecule has 0 unspecified atom stereocenters. The van der Waals surface area contributed by atoms with Crippen LogP contribution in [0.25, 0.3) is 0 Å². The number of nitrogens with one attached hydrogen (secondary N) is 1. The van der Waals surface area contributed by atoms with Crippen LogP contribution in [0.5, 0.6) is 5.75 Å². The Bertz CT molecular complexity index is 433. The fourth-order valence-corrected chi connectivity index (χ4v) is 2.00. The van der Waals surface area contributed by atoms with E-state index in [1.165, 1.54) is 0 Å². The molecule has 19 heavy (non-hydrogen) atoms. The molecule has 0 spiro atoms. The topological polar surface area (TPSA) is 64.3 Å². The number of aryl methyl sites for hydroxylation is 1. The second-order valence-corrected chi connectivity index (χ2v) is 4.93. The van der Waals surface area contributed by atoms with Gasteiger partial charge in [-0.05, 0) is 43.9 Å². The fraction of sp³-hybridized carbons (Fsp3) is 0.500. The second kappa shape index (κ2) is 6.78. The summed E-state index contributed by atoms with van der Waals surface area (Å²) in [6.45, 7) is 2.97. The highest BCUT2D eigenvalue weighted by Crippen LogP contribution is 2.28. The van der Waals surface area contributed by atoms with E-state index in [4.69, 9.17) is 10.5 Å². The molecule has 1 aromatic carbocycles. The minimum Gasteiger partial charge on any atom is -0.492 e. The summed E-state index contributed by atoms with van der Waals surface area (Å²) in [5.74, 6) is 0.775. The lowest BCUT2D eigenvalue weighted by atomic mass is 9.77. The van der Waals surface area contributed by atoms with Crippen molar-refractivity contribution in [3.05, 3.63) is 29.8 Å². The van der Waals surface area contributed by atoms with E-state index in [-0.39, 0.29) is 18.3 Å². The van der Waals surface area contributed by atoms with Gasteiger partial charge in [-0.25, -0.2) is 0 Å². The van der Waals surface area contributed by atoms with Gasteiger partial charge in [-0.3, -0.25) is 4.79 Å². The van der Waals surface area contributed by atoms with Gasteiger partial charge < -0.3 is 15.8 Å². The molecule has 0 bridgehead atoms. The molecule has 106 valence electrons. The Morgan fingerprint density at radius 1 is 1.47 bits per heavy atom. The molecule has 1 aliphatic carbocycles. The predicted molar refractivity (Wildman–Crippen MR) is 77.7 cm³/mol. The number of carbonyl (C=O) groups excluding carboxylic acids is 1. The van der Waals surface area contributed by atoms with Crippen LogP contribution < -0.4 is 15.8 Å². The summed E-state index contributed by atoms with van der Waals surface area (Å²) in [5.41, 5.74) is 6.44. The number of ether oxygens (including phenoxy) is 1. The van der Waals surface area contributed by atoms with Crippen LogP contribution in [0.15, 0.2) is 24.3 Å². The van der Waals surface area contributed by atoms with E-state index in [2.05, 4.69) is 5.32 Å². The summed E-state index contributed by atoms with van der Waals surface area (Å²) in [6, 6.07) is 7.85. The third-order valence-corrected chi connectivity index (χ3v) is 3.34. The van der Waals surface area contributed by atoms with Gasteiger partial charge in [-0.15, -0.1) is 12.4 Å². The first-order valence-corrected chi connectivity index (χ1v) is 6.37. The van der Waals surface area contributed by atoms with Crippen LogP contribution in [0.2, 0.25) is 0 Å². The van der Waals surface area contributed by atoms with Gasteiger partial charge in [0.15, 0.2) is 0 Å². The van der Waals surface area contributed by atoms with Crippen molar-refractivity contribution in [3.63, 3.8) is 0 Å². The number of hydrogen-bond donors (Lipinski definition) is 2. The van der Waals surface area contributed by atoms with Crippen LogP contribution in [-0.4, -0.2) is 24.6 Å². The van der Waals surface area contributed by atoms with Crippen molar-refractivity contribution in [3.8, 4) is 5.75 Å². The van der Waals surface area contributed by atoms with E-state index in [9.17, 15) is 4.79 Å². The Labute approximate surface area is 120 Å². The second-order valence-electron chi connectivity index (χ2n) is 4.93. The molecule has 0 saturated heterocycles. The average molecular weight is 285 g/mol. The van der Waals surface area contributed by atoms with Gasteiger partial charge in [0, 0.05) is 0 Å². The SMILES string of the molecule is Cc1cccc(OCCNC(=O)C2(N)CCC2)c1.Cl. The molecular formula is C14H21ClN2O2. The summed E-state index contributed by atoms with van der Waals surface area (Å²) in [7, 11) is 0. The van der Waals surface area contributed by atoms with Gasteiger partial charge in [0.2, 0.25) is 5.91 Å². The van der Waals surface area contributed by atoms with Crippen molar-refractivity contribution >= 4 is 18.3 Å². The first-order chi connectivity index (χ1) is 8.60. The lowest BCUT2D eigenvalue weighted by molar-refractivity contribution is -0.129. The van der Waals surface area contributed by atoms with E-state index in [0.717, 1.165) is 30.6 Å². The zero-order chi connectivity index (χ0) is 13.0. The Balaban J connectivity index is 0.00000180. The number of hydrogen-bond acceptors (Lipinski definition) is 3. The molecule has 0 radical (unpaired) electrons. The van der Waals surface area contributed by atoms with Crippen molar-refractivity contribution < 1.29 is 9.53 Å². The molecule has 4 nitrogen and oxygen atoms in total. The van der Waals surface area contributed by atoms with E-state index in [1.54, 1.807) is 0 Å². The number of rotatable bonds is 5. The Hall–Kier alpha value is -1.26. The van der Waals surface area contributed by atoms with Gasteiger partial charge in [0.05, 0.1) is 12.1 Å². The van der Waals surface area contributed by atoms with Crippen LogP contribution >= 0.6 is 12.4 Å². The predicted octanol–water partition coefficient (Wildman–Crippen LogP) is 1.79. The van der Waals surface area contributed by atoms with Crippen LogP contribution in [0.1, 0.15) is 24.8 Å². The molecule has 0 aromatic heterocycles. The average Bonchev–Trinajstić information content (AvgIpc) is 2.31. The summed E-state index contributed by atoms with van der Waals surface area (Å²) in [5, 5.41) is 2.82. The molecule has 3 N–H and O–H groups in total. The zero-order valence-corrected chi connectivity index (χ0v) is 12.0. The lowest BCUT2D eigenvalue weighted by Gasteiger charge is -2.36. The highest BCUT2D eigenvalue weighted by atomic mass is 35.5. The van der Waals surface area contributed by atoms with Crippen molar-refractivity contribution in [1.29, 1.82) is 0 Å². The van der Waals surface area contributed by atoms with Crippen LogP contribution in [0.4, 0.5) is 0 Å². The number of amides is 1. The van der Waals surface area contributed by atoms with Crippen molar-refractivity contribution in [2.75, 3.05) is 13.2 Å². The standard InChI is InChI=1S/C14H20N2O2.ClH/c1-11-4-2-5-12(10-11)18-9-8-16-13(17)14(15)6-3-7-14;/h2,4-5,10H,3,6-9,15H2,1H3,(H,16,17);1H. The van der Waals surface area contributed by atoms with Gasteiger partial charge in [0.1, 0.15) is 12.4 Å². The van der Waals surface area contributed by atoms with Gasteiger partial charge in [-0.1, -0.05) is 12.1 Å². The smallest absolute Gasteiger partial charge is 0.240 e. The Morgan fingerprint density at radius 3 is 2.79 bits per heavy atom. The third-order valence-electron chi connectivity index (χ3n) is 3.34. The molecule has 1 aliphatic rings. The van der Waals surface area contributed by atoms with E-state index in [0.29, 0.717) is 13.2 Å². The maximum absolute atomic E-state index is 11.7. The van der Waals surface area contributed by atoms with E-state index >= 15 is 0 Å². The lowest BCUT2D eigenvalue weighted by Crippen LogP contribution is -2.58. The largest absolute Gasteiger partial charge is 0.492 e. The molecule has 1 saturated carbocycles. The molecule has 0 heterocycles. The van der Waals surface area contributed by atoms with E-state index < -0.39 is 5.54 Å². The number of carbonyl (C=O) groups is 1. The summed E-state index contributed by atoms with van der Waals surface area (Å²) >= 11 is 0. The maximum Gasteiger partial charge on any atom is 0.240 e. The van der Waals surface area contributed by atoms with Crippen molar-refractivity contribution in [2.45, 2.75) is 31.7 Å². The third kappa shape index (κ3) is 4.11. The molecular weight excluding hydrogens is 264 g/mol. The molecule has 1 amide bonds. The molecule has 0 aliphatic heterocycles. The molecule has 1 fully saturated rings. The first kappa shape index (κ1) is 15.8. The minimum absolute atomic E-state index is 0. The molecule has 5 heteroatoms. The number of benzene rings is 1. The highest BCUT2D eigenvalue weighted by Gasteiger charge is 2.39. The van der Waals surface area contributed by atoms with Crippen molar-refractivity contribution in [1.82, 2.24) is 5.32 Å². The van der Waals surface area contributed by atoms with Crippen LogP contribution in [-0.2, 0) is 4.79 Å². The van der Waals surface area contributed by atoms with Crippen LogP contribution in [0.3, 0.4) is 0 Å². The summed E-state index contributed by atoms with van der Waals surface area (Å²) in [4.78, 5) is 11.7. The normalized spacial score (nSPS) is 15.9. The Kier molecular flexibility index (Phi) is 5.63. The monoisotopic (exact) mass is 284 g/mol. The molecule has 2 rings (SSSR count). The van der Waals surface area contributed by atoms with Crippen LogP contribution in [0, 0.1) is 6.92 Å². The molecule has 0 atom stereocenters. The van der Waals surface area contributed by atoms with Crippen molar-refractivity contribution in [2.24, 2.45) is 5.73 Å². The highest BCUT2D eigenvalue weighted by molar-refractivity contribution is 5.87. The fourth-order valence-electron chi connectivity index (χ4n) is 2.00. The molecule has 1 aromatic rings. The number of halogens is 1. The summed E-state index contributed by atoms with van der Waals surface area (Å²) in [6.07, 6.45) is 2.62. The first-order valence-electron chi connectivity index (χ1n) is 6.37. The van der Waals surface area contributed by atoms with E-state index in [1.807, 2.05) is 31.2 Å². The van der Waals surface area contributed by atoms with Gasteiger partial charge >= 0.3 is 0 Å². The van der Waals surface area contributed by atoms with Gasteiger partial charge in [-0.2, -0.15) is 0 Å².